The van der Waals surface area contributed by atoms with Crippen LogP contribution >= 0.6 is 0 Å². The van der Waals surface area contributed by atoms with Gasteiger partial charge in [0.2, 0.25) is 5.91 Å². The van der Waals surface area contributed by atoms with E-state index >= 15 is 0 Å². The maximum atomic E-state index is 10.8. The predicted molar refractivity (Wildman–Crippen MR) is 44.3 cm³/mol. The molecule has 0 N–H and O–H groups in total. The summed E-state index contributed by atoms with van der Waals surface area (Å²) in [5.74, 6) is -0.00402. The lowest BCUT2D eigenvalue weighted by Gasteiger charge is -2.16. The van der Waals surface area contributed by atoms with Crippen molar-refractivity contribution in [2.75, 3.05) is 13.7 Å². The molecule has 0 aromatic carbocycles. The molecule has 0 saturated heterocycles. The Hall–Kier alpha value is -0.900. The largest absolute Gasteiger partial charge is 0.300 e. The summed E-state index contributed by atoms with van der Waals surface area (Å²) < 4.78 is 0. The Labute approximate surface area is 72.4 Å². The zero-order valence-corrected chi connectivity index (χ0v) is 7.79. The number of nitrogens with zero attached hydrogens (tertiary/aromatic N) is 1. The molecular weight excluding hydrogens is 158 g/mol. The van der Waals surface area contributed by atoms with Gasteiger partial charge in [-0.1, -0.05) is 0 Å². The first-order chi connectivity index (χ1) is 5.57. The molecule has 0 fully saturated rings. The minimum absolute atomic E-state index is 0.134. The van der Waals surface area contributed by atoms with E-state index in [4.69, 9.17) is 4.84 Å². The SMILES string of the molecule is CON(CCCC(C)=O)C(C)=O. The van der Waals surface area contributed by atoms with E-state index in [0.717, 1.165) is 0 Å². The van der Waals surface area contributed by atoms with Crippen LogP contribution in [-0.2, 0) is 14.4 Å². The van der Waals surface area contributed by atoms with E-state index in [1.165, 1.54) is 26.0 Å². The number of hydroxylamine groups is 2. The molecule has 0 aliphatic rings. The number of amides is 1. The summed E-state index contributed by atoms with van der Waals surface area (Å²) in [4.78, 5) is 26.1. The Bertz CT molecular complexity index is 168. The van der Waals surface area contributed by atoms with Gasteiger partial charge in [-0.25, -0.2) is 5.06 Å². The van der Waals surface area contributed by atoms with Gasteiger partial charge in [0, 0.05) is 19.9 Å². The van der Waals surface area contributed by atoms with Gasteiger partial charge in [-0.05, 0) is 13.3 Å². The van der Waals surface area contributed by atoms with Gasteiger partial charge in [0.1, 0.15) is 5.78 Å². The molecule has 0 radical (unpaired) electrons. The number of hydrogen-bond acceptors (Lipinski definition) is 3. The molecule has 70 valence electrons. The van der Waals surface area contributed by atoms with E-state index in [1.54, 1.807) is 0 Å². The van der Waals surface area contributed by atoms with Gasteiger partial charge >= 0.3 is 0 Å². The lowest BCUT2D eigenvalue weighted by Crippen LogP contribution is -2.28. The van der Waals surface area contributed by atoms with Crippen LogP contribution in [0.5, 0.6) is 0 Å². The van der Waals surface area contributed by atoms with E-state index in [-0.39, 0.29) is 11.7 Å². The molecule has 0 rings (SSSR count). The zero-order valence-electron chi connectivity index (χ0n) is 7.79. The van der Waals surface area contributed by atoms with Crippen molar-refractivity contribution in [1.82, 2.24) is 5.06 Å². The fourth-order valence-corrected chi connectivity index (χ4v) is 0.849. The highest BCUT2D eigenvalue weighted by atomic mass is 16.7. The van der Waals surface area contributed by atoms with Crippen LogP contribution in [-0.4, -0.2) is 30.4 Å². The second-order valence-electron chi connectivity index (χ2n) is 2.61. The molecule has 0 aliphatic heterocycles. The fraction of sp³-hybridized carbons (Fsp3) is 0.750. The zero-order chi connectivity index (χ0) is 9.56. The summed E-state index contributed by atoms with van der Waals surface area (Å²) in [7, 11) is 1.44. The summed E-state index contributed by atoms with van der Waals surface area (Å²) >= 11 is 0. The molecule has 0 aromatic heterocycles. The molecule has 0 spiro atoms. The van der Waals surface area contributed by atoms with Crippen molar-refractivity contribution >= 4 is 11.7 Å². The van der Waals surface area contributed by atoms with Gasteiger partial charge in [-0.2, -0.15) is 0 Å². The van der Waals surface area contributed by atoms with E-state index in [0.29, 0.717) is 19.4 Å². The smallest absolute Gasteiger partial charge is 0.242 e. The highest BCUT2D eigenvalue weighted by Crippen LogP contribution is 1.96. The number of ketones is 1. The third kappa shape index (κ3) is 4.85. The molecular formula is C8H15NO3. The quantitative estimate of drug-likeness (QED) is 0.577. The molecule has 4 nitrogen and oxygen atoms in total. The lowest BCUT2D eigenvalue weighted by molar-refractivity contribution is -0.173. The number of hydrogen-bond donors (Lipinski definition) is 0. The Morgan fingerprint density at radius 2 is 1.92 bits per heavy atom. The van der Waals surface area contributed by atoms with Crippen molar-refractivity contribution in [3.05, 3.63) is 0 Å². The first-order valence-electron chi connectivity index (χ1n) is 3.89. The van der Waals surface area contributed by atoms with Crippen LogP contribution in [0.15, 0.2) is 0 Å². The summed E-state index contributed by atoms with van der Waals surface area (Å²) in [6.45, 7) is 3.44. The molecule has 0 saturated carbocycles. The van der Waals surface area contributed by atoms with Crippen LogP contribution in [0.25, 0.3) is 0 Å². The molecule has 0 bridgehead atoms. The summed E-state index contributed by atoms with van der Waals surface area (Å²) in [6.07, 6.45) is 1.15. The van der Waals surface area contributed by atoms with Gasteiger partial charge in [0.25, 0.3) is 0 Å². The molecule has 12 heavy (non-hydrogen) atoms. The van der Waals surface area contributed by atoms with Crippen molar-refractivity contribution in [2.24, 2.45) is 0 Å². The van der Waals surface area contributed by atoms with Crippen LogP contribution in [0, 0.1) is 0 Å². The summed E-state index contributed by atoms with van der Waals surface area (Å²) in [6, 6.07) is 0. The van der Waals surface area contributed by atoms with Crippen molar-refractivity contribution in [3.63, 3.8) is 0 Å². The topological polar surface area (TPSA) is 46.6 Å². The third-order valence-corrected chi connectivity index (χ3v) is 1.46. The first kappa shape index (κ1) is 11.1. The van der Waals surface area contributed by atoms with E-state index in [2.05, 4.69) is 0 Å². The van der Waals surface area contributed by atoms with Crippen molar-refractivity contribution in [1.29, 1.82) is 0 Å². The van der Waals surface area contributed by atoms with Gasteiger partial charge in [-0.3, -0.25) is 9.63 Å². The van der Waals surface area contributed by atoms with Crippen LogP contribution < -0.4 is 0 Å². The lowest BCUT2D eigenvalue weighted by atomic mass is 10.2. The maximum absolute atomic E-state index is 10.8. The van der Waals surface area contributed by atoms with Crippen LogP contribution in [0.3, 0.4) is 0 Å². The summed E-state index contributed by atoms with van der Waals surface area (Å²) in [5.41, 5.74) is 0. The van der Waals surface area contributed by atoms with Gasteiger partial charge in [0.15, 0.2) is 0 Å². The monoisotopic (exact) mass is 173 g/mol. The molecule has 0 heterocycles. The number of Topliss-reactive ketones (excluding diaryl/α,β-unsaturated/α-hetero) is 1. The Morgan fingerprint density at radius 3 is 2.25 bits per heavy atom. The Kier molecular flexibility index (Phi) is 5.28. The number of carbonyl (C=O) groups excluding carboxylic acids is 2. The van der Waals surface area contributed by atoms with Crippen molar-refractivity contribution in [2.45, 2.75) is 26.7 Å². The van der Waals surface area contributed by atoms with Crippen molar-refractivity contribution < 1.29 is 14.4 Å². The first-order valence-corrected chi connectivity index (χ1v) is 3.89. The highest BCUT2D eigenvalue weighted by Gasteiger charge is 2.06. The van der Waals surface area contributed by atoms with E-state index in [9.17, 15) is 9.59 Å². The molecule has 1 amide bonds. The second kappa shape index (κ2) is 5.71. The van der Waals surface area contributed by atoms with Crippen LogP contribution in [0.1, 0.15) is 26.7 Å². The molecule has 4 heteroatoms. The van der Waals surface area contributed by atoms with Gasteiger partial charge in [0.05, 0.1) is 7.11 Å². The molecule has 0 unspecified atom stereocenters. The average Bonchev–Trinajstić information content (AvgIpc) is 1.96. The molecule has 0 aromatic rings. The predicted octanol–water partition coefficient (Wildman–Crippen LogP) is 0.766. The normalized spacial score (nSPS) is 9.58. The van der Waals surface area contributed by atoms with Gasteiger partial charge < -0.3 is 4.79 Å². The number of carbonyl (C=O) groups is 2. The van der Waals surface area contributed by atoms with Crippen molar-refractivity contribution in [3.8, 4) is 0 Å². The standard InChI is InChI=1S/C8H15NO3/c1-7(10)5-4-6-9(12-3)8(2)11/h4-6H2,1-3H3. The molecule has 0 atom stereocenters. The Balaban J connectivity index is 3.59. The summed E-state index contributed by atoms with van der Waals surface area (Å²) in [5, 5.41) is 1.24. The highest BCUT2D eigenvalue weighted by molar-refractivity contribution is 5.75. The minimum atomic E-state index is -0.138. The minimum Gasteiger partial charge on any atom is -0.300 e. The van der Waals surface area contributed by atoms with E-state index < -0.39 is 0 Å². The average molecular weight is 173 g/mol. The second-order valence-corrected chi connectivity index (χ2v) is 2.61. The van der Waals surface area contributed by atoms with Crippen LogP contribution in [0.2, 0.25) is 0 Å². The fourth-order valence-electron chi connectivity index (χ4n) is 0.849. The maximum Gasteiger partial charge on any atom is 0.242 e. The number of rotatable bonds is 5. The molecule has 0 aliphatic carbocycles. The van der Waals surface area contributed by atoms with Gasteiger partial charge in [-0.15, -0.1) is 0 Å². The van der Waals surface area contributed by atoms with Crippen LogP contribution in [0.4, 0.5) is 0 Å². The van der Waals surface area contributed by atoms with E-state index in [1.807, 2.05) is 0 Å². The third-order valence-electron chi connectivity index (χ3n) is 1.46. The Morgan fingerprint density at radius 1 is 1.33 bits per heavy atom.